The lowest BCUT2D eigenvalue weighted by Gasteiger charge is -2.17. The molecule has 0 aromatic carbocycles. The molecule has 0 aliphatic carbocycles. The lowest BCUT2D eigenvalue weighted by Crippen LogP contribution is -2.47. The van der Waals surface area contributed by atoms with Crippen molar-refractivity contribution < 1.29 is 24.5 Å². The van der Waals surface area contributed by atoms with E-state index in [1.807, 2.05) is 0 Å². The van der Waals surface area contributed by atoms with E-state index in [4.69, 9.17) is 9.84 Å². The number of carbonyl (C=O) groups is 2. The molecule has 7 nitrogen and oxygen atoms in total. The van der Waals surface area contributed by atoms with Gasteiger partial charge in [0.05, 0.1) is 25.0 Å². The number of nitrogens with one attached hydrogen (secondary N) is 1. The molecule has 3 N–H and O–H groups in total. The highest BCUT2D eigenvalue weighted by molar-refractivity contribution is 5.98. The van der Waals surface area contributed by atoms with Gasteiger partial charge in [0.25, 0.3) is 5.91 Å². The van der Waals surface area contributed by atoms with Crippen LogP contribution in [0.2, 0.25) is 0 Å². The van der Waals surface area contributed by atoms with Gasteiger partial charge in [-0.15, -0.1) is 0 Å². The quantitative estimate of drug-likeness (QED) is 0.663. The maximum absolute atomic E-state index is 11.9. The number of amides is 1. The highest BCUT2D eigenvalue weighted by Gasteiger charge is 2.26. The predicted octanol–water partition coefficient (Wildman–Crippen LogP) is -0.346. The molecule has 2 unspecified atom stereocenters. The molecule has 0 aliphatic heterocycles. The number of aliphatic carboxylic acids is 1. The second-order valence-electron chi connectivity index (χ2n) is 3.61. The lowest BCUT2D eigenvalue weighted by atomic mass is 10.1. The number of hydrogen-bond donors (Lipinski definition) is 3. The fraction of sp³-hybridized carbons (Fsp3) is 0.364. The summed E-state index contributed by atoms with van der Waals surface area (Å²) in [5, 5.41) is 20.3. The van der Waals surface area contributed by atoms with Crippen molar-refractivity contribution in [1.29, 1.82) is 0 Å². The SMILES string of the molecule is COc1cnccc1C(=O)NC(C(=O)O)C(C)O. The first-order valence-electron chi connectivity index (χ1n) is 5.17. The molecule has 1 heterocycles. The Balaban J connectivity index is 2.90. The van der Waals surface area contributed by atoms with Gasteiger partial charge < -0.3 is 20.3 Å². The molecule has 0 bridgehead atoms. The molecule has 1 rings (SSSR count). The number of rotatable bonds is 5. The normalized spacial score (nSPS) is 13.5. The van der Waals surface area contributed by atoms with Crippen LogP contribution in [0.5, 0.6) is 5.75 Å². The largest absolute Gasteiger partial charge is 0.494 e. The monoisotopic (exact) mass is 254 g/mol. The number of aromatic nitrogens is 1. The Hall–Kier alpha value is -2.15. The fourth-order valence-electron chi connectivity index (χ4n) is 1.34. The number of methoxy groups -OCH3 is 1. The van der Waals surface area contributed by atoms with Crippen molar-refractivity contribution in [2.75, 3.05) is 7.11 Å². The van der Waals surface area contributed by atoms with Crippen LogP contribution in [0.25, 0.3) is 0 Å². The van der Waals surface area contributed by atoms with Crippen LogP contribution in [0.3, 0.4) is 0 Å². The van der Waals surface area contributed by atoms with E-state index < -0.39 is 24.0 Å². The third-order valence-electron chi connectivity index (χ3n) is 2.28. The van der Waals surface area contributed by atoms with Crippen LogP contribution in [0.4, 0.5) is 0 Å². The standard InChI is InChI=1S/C11H14N2O5/c1-6(14)9(11(16)17)13-10(15)7-3-4-12-5-8(7)18-2/h3-6,9,14H,1-2H3,(H,13,15)(H,16,17). The molecule has 0 radical (unpaired) electrons. The van der Waals surface area contributed by atoms with Crippen molar-refractivity contribution in [1.82, 2.24) is 10.3 Å². The highest BCUT2D eigenvalue weighted by atomic mass is 16.5. The molecule has 0 spiro atoms. The maximum atomic E-state index is 11.9. The van der Waals surface area contributed by atoms with Crippen LogP contribution in [0.15, 0.2) is 18.5 Å². The van der Waals surface area contributed by atoms with E-state index in [0.29, 0.717) is 0 Å². The summed E-state index contributed by atoms with van der Waals surface area (Å²) < 4.78 is 4.94. The molecule has 18 heavy (non-hydrogen) atoms. The smallest absolute Gasteiger partial charge is 0.328 e. The van der Waals surface area contributed by atoms with Crippen molar-refractivity contribution in [2.24, 2.45) is 0 Å². The summed E-state index contributed by atoms with van der Waals surface area (Å²) >= 11 is 0. The molecule has 0 aliphatic rings. The van der Waals surface area contributed by atoms with Gasteiger partial charge in [-0.1, -0.05) is 0 Å². The van der Waals surface area contributed by atoms with E-state index in [-0.39, 0.29) is 11.3 Å². The average molecular weight is 254 g/mol. The van der Waals surface area contributed by atoms with Gasteiger partial charge in [0, 0.05) is 6.20 Å². The summed E-state index contributed by atoms with van der Waals surface area (Å²) in [4.78, 5) is 26.5. The molecular weight excluding hydrogens is 240 g/mol. The number of carbonyl (C=O) groups excluding carboxylic acids is 1. The summed E-state index contributed by atoms with van der Waals surface area (Å²) in [5.74, 6) is -1.74. The Labute approximate surface area is 103 Å². The molecule has 0 saturated heterocycles. The van der Waals surface area contributed by atoms with E-state index in [0.717, 1.165) is 0 Å². The van der Waals surface area contributed by atoms with Crippen LogP contribution in [0, 0.1) is 0 Å². The third kappa shape index (κ3) is 3.17. The minimum atomic E-state index is -1.38. The minimum absolute atomic E-state index is 0.152. The number of pyridine rings is 1. The maximum Gasteiger partial charge on any atom is 0.328 e. The highest BCUT2D eigenvalue weighted by Crippen LogP contribution is 2.15. The Morgan fingerprint density at radius 3 is 2.67 bits per heavy atom. The van der Waals surface area contributed by atoms with Gasteiger partial charge >= 0.3 is 5.97 Å². The van der Waals surface area contributed by atoms with Crippen LogP contribution in [-0.2, 0) is 4.79 Å². The van der Waals surface area contributed by atoms with Gasteiger partial charge in [0.2, 0.25) is 0 Å². The minimum Gasteiger partial charge on any atom is -0.494 e. The van der Waals surface area contributed by atoms with E-state index in [2.05, 4.69) is 10.3 Å². The molecule has 0 saturated carbocycles. The number of nitrogens with zero attached hydrogens (tertiary/aromatic N) is 1. The van der Waals surface area contributed by atoms with Gasteiger partial charge in [-0.3, -0.25) is 9.78 Å². The average Bonchev–Trinajstić information content (AvgIpc) is 2.34. The number of aliphatic hydroxyl groups is 1. The number of aliphatic hydroxyl groups excluding tert-OH is 1. The first kappa shape index (κ1) is 13.9. The topological polar surface area (TPSA) is 109 Å². The zero-order valence-corrected chi connectivity index (χ0v) is 9.95. The summed E-state index contributed by atoms with van der Waals surface area (Å²) in [6.45, 7) is 1.28. The summed E-state index contributed by atoms with van der Waals surface area (Å²) in [7, 11) is 1.37. The second kappa shape index (κ2) is 5.97. The van der Waals surface area contributed by atoms with Crippen molar-refractivity contribution >= 4 is 11.9 Å². The van der Waals surface area contributed by atoms with Gasteiger partial charge in [-0.05, 0) is 13.0 Å². The van der Waals surface area contributed by atoms with E-state index in [1.54, 1.807) is 0 Å². The van der Waals surface area contributed by atoms with Crippen molar-refractivity contribution in [3.8, 4) is 5.75 Å². The molecule has 1 aromatic rings. The molecule has 1 aromatic heterocycles. The number of carboxylic acid groups (broad SMARTS) is 1. The Kier molecular flexibility index (Phi) is 4.61. The molecule has 1 amide bonds. The zero-order valence-electron chi connectivity index (χ0n) is 9.95. The van der Waals surface area contributed by atoms with Crippen molar-refractivity contribution in [3.05, 3.63) is 24.0 Å². The summed E-state index contributed by atoms with van der Waals surface area (Å²) in [6, 6.07) is 0.0186. The summed E-state index contributed by atoms with van der Waals surface area (Å²) in [5.41, 5.74) is 0.152. The summed E-state index contributed by atoms with van der Waals surface area (Å²) in [6.07, 6.45) is 1.52. The Morgan fingerprint density at radius 1 is 1.50 bits per heavy atom. The molecule has 2 atom stereocenters. The number of carboxylic acids is 1. The first-order valence-corrected chi connectivity index (χ1v) is 5.17. The Bertz CT molecular complexity index is 447. The number of hydrogen-bond acceptors (Lipinski definition) is 5. The van der Waals surface area contributed by atoms with Crippen LogP contribution in [0.1, 0.15) is 17.3 Å². The second-order valence-corrected chi connectivity index (χ2v) is 3.61. The van der Waals surface area contributed by atoms with E-state index in [9.17, 15) is 14.7 Å². The van der Waals surface area contributed by atoms with Gasteiger partial charge in [0.15, 0.2) is 6.04 Å². The van der Waals surface area contributed by atoms with Crippen LogP contribution >= 0.6 is 0 Å². The zero-order chi connectivity index (χ0) is 13.7. The van der Waals surface area contributed by atoms with Crippen LogP contribution < -0.4 is 10.1 Å². The van der Waals surface area contributed by atoms with Gasteiger partial charge in [0.1, 0.15) is 5.75 Å². The first-order chi connectivity index (χ1) is 8.47. The van der Waals surface area contributed by atoms with Gasteiger partial charge in [-0.2, -0.15) is 0 Å². The molecule has 0 fully saturated rings. The van der Waals surface area contributed by atoms with E-state index in [1.165, 1.54) is 32.5 Å². The van der Waals surface area contributed by atoms with E-state index >= 15 is 0 Å². The molecular formula is C11H14N2O5. The van der Waals surface area contributed by atoms with Gasteiger partial charge in [-0.25, -0.2) is 4.79 Å². The molecule has 7 heteroatoms. The fourth-order valence-corrected chi connectivity index (χ4v) is 1.34. The Morgan fingerprint density at radius 2 is 2.17 bits per heavy atom. The predicted molar refractivity (Wildman–Crippen MR) is 61.4 cm³/mol. The van der Waals surface area contributed by atoms with Crippen LogP contribution in [-0.4, -0.2) is 46.3 Å². The third-order valence-corrected chi connectivity index (χ3v) is 2.28. The van der Waals surface area contributed by atoms with Crippen molar-refractivity contribution in [3.63, 3.8) is 0 Å². The number of ether oxygens (including phenoxy) is 1. The van der Waals surface area contributed by atoms with Crippen molar-refractivity contribution in [2.45, 2.75) is 19.1 Å². The molecule has 98 valence electrons. The lowest BCUT2D eigenvalue weighted by molar-refractivity contribution is -0.141.